The van der Waals surface area contributed by atoms with Crippen molar-refractivity contribution in [2.75, 3.05) is 0 Å². The second-order valence-electron chi connectivity index (χ2n) is 6.73. The van der Waals surface area contributed by atoms with Crippen molar-refractivity contribution in [1.29, 1.82) is 0 Å². The van der Waals surface area contributed by atoms with Gasteiger partial charge in [-0.25, -0.2) is 10.1 Å². The molecule has 4 rings (SSSR count). The minimum atomic E-state index is 0.301. The minimum absolute atomic E-state index is 0.301. The highest BCUT2D eigenvalue weighted by atomic mass is 79.9. The van der Waals surface area contributed by atoms with Crippen molar-refractivity contribution in [3.63, 3.8) is 0 Å². The molecule has 0 amide bonds. The number of halogens is 4. The van der Waals surface area contributed by atoms with Crippen LogP contribution in [0.5, 0.6) is 5.75 Å². The zero-order chi connectivity index (χ0) is 21.8. The summed E-state index contributed by atoms with van der Waals surface area (Å²) in [6.07, 6.45) is 1.56. The molecule has 0 aliphatic rings. The van der Waals surface area contributed by atoms with Crippen molar-refractivity contribution in [3.05, 3.63) is 85.0 Å². The van der Waals surface area contributed by atoms with Crippen molar-refractivity contribution in [2.45, 2.75) is 19.4 Å². The van der Waals surface area contributed by atoms with Crippen molar-refractivity contribution in [3.8, 4) is 17.1 Å². The normalized spacial score (nSPS) is 11.0. The van der Waals surface area contributed by atoms with E-state index in [0.717, 1.165) is 39.8 Å². The molecule has 0 saturated carbocycles. The number of aryl methyl sites for hydroxylation is 2. The largest absolute Gasteiger partial charge is 0.487 e. The van der Waals surface area contributed by atoms with E-state index in [4.69, 9.17) is 39.5 Å². The van der Waals surface area contributed by atoms with E-state index >= 15 is 0 Å². The molecular weight excluding hydrogens is 525 g/mol. The zero-order valence-corrected chi connectivity index (χ0v) is 19.8. The van der Waals surface area contributed by atoms with Gasteiger partial charge in [0.25, 0.3) is 0 Å². The van der Waals surface area contributed by atoms with Gasteiger partial charge in [-0.1, -0.05) is 59.1 Å². The van der Waals surface area contributed by atoms with Crippen LogP contribution in [0.2, 0.25) is 15.3 Å². The van der Waals surface area contributed by atoms with Gasteiger partial charge < -0.3 is 4.74 Å². The van der Waals surface area contributed by atoms with Gasteiger partial charge in [0.15, 0.2) is 5.82 Å². The Kier molecular flexibility index (Phi) is 7.07. The van der Waals surface area contributed by atoms with E-state index < -0.39 is 0 Å². The highest BCUT2D eigenvalue weighted by Crippen LogP contribution is 2.34. The topological polar surface area (TPSA) is 76.6 Å². The smallest absolute Gasteiger partial charge is 0.179 e. The van der Waals surface area contributed by atoms with Crippen LogP contribution in [0.4, 0.5) is 0 Å². The summed E-state index contributed by atoms with van der Waals surface area (Å²) >= 11 is 21.8. The summed E-state index contributed by atoms with van der Waals surface area (Å²) in [4.78, 5) is 3.96. The highest BCUT2D eigenvalue weighted by molar-refractivity contribution is 9.10. The molecule has 31 heavy (non-hydrogen) atoms. The first-order valence-electron chi connectivity index (χ1n) is 9.23. The second kappa shape index (κ2) is 9.96. The average molecular weight is 540 g/mol. The number of benzene rings is 2. The molecule has 0 fully saturated rings. The van der Waals surface area contributed by atoms with Gasteiger partial charge in [-0.3, -0.25) is 0 Å². The molecule has 10 heteroatoms. The summed E-state index contributed by atoms with van der Waals surface area (Å²) in [6.45, 7) is 0.301. The van der Waals surface area contributed by atoms with Crippen molar-refractivity contribution < 1.29 is 4.74 Å². The third-order valence-electron chi connectivity index (χ3n) is 4.55. The van der Waals surface area contributed by atoms with E-state index in [9.17, 15) is 0 Å². The van der Waals surface area contributed by atoms with E-state index in [2.05, 4.69) is 53.7 Å². The number of H-pyrrole nitrogens is 1. The van der Waals surface area contributed by atoms with Crippen LogP contribution < -0.4 is 4.74 Å². The van der Waals surface area contributed by atoms with E-state index in [0.29, 0.717) is 27.8 Å². The highest BCUT2D eigenvalue weighted by Gasteiger charge is 2.12. The van der Waals surface area contributed by atoms with Gasteiger partial charge in [0, 0.05) is 10.6 Å². The predicted molar refractivity (Wildman–Crippen MR) is 125 cm³/mol. The Bertz CT molecular complexity index is 1170. The molecule has 0 aliphatic carbocycles. The Morgan fingerprint density at radius 3 is 2.32 bits per heavy atom. The lowest BCUT2D eigenvalue weighted by atomic mass is 10.0. The number of aromatic amines is 1. The Hall–Kier alpha value is -2.19. The van der Waals surface area contributed by atoms with Gasteiger partial charge in [-0.05, 0) is 80.2 Å². The molecule has 0 aliphatic heterocycles. The van der Waals surface area contributed by atoms with Crippen molar-refractivity contribution >= 4 is 50.7 Å². The zero-order valence-electron chi connectivity index (χ0n) is 15.9. The summed E-state index contributed by atoms with van der Waals surface area (Å²) in [5.74, 6) is 1.37. The fourth-order valence-corrected chi connectivity index (χ4v) is 4.60. The number of nitrogens with zero attached hydrogens (tertiary/aromatic N) is 4. The average Bonchev–Trinajstić information content (AvgIpc) is 3.26. The maximum Gasteiger partial charge on any atom is 0.179 e. The quantitative estimate of drug-likeness (QED) is 0.277. The number of rotatable bonds is 7. The van der Waals surface area contributed by atoms with Gasteiger partial charge in [0.05, 0.1) is 4.47 Å². The molecule has 0 atom stereocenters. The van der Waals surface area contributed by atoms with E-state index in [1.165, 1.54) is 5.56 Å². The molecule has 4 aromatic rings. The van der Waals surface area contributed by atoms with Crippen LogP contribution in [0.25, 0.3) is 11.4 Å². The Morgan fingerprint density at radius 1 is 0.903 bits per heavy atom. The minimum Gasteiger partial charge on any atom is -0.487 e. The van der Waals surface area contributed by atoms with Crippen LogP contribution in [0.15, 0.2) is 53.0 Å². The molecule has 0 spiro atoms. The third kappa shape index (κ3) is 5.74. The number of hydrogen-bond donors (Lipinski definition) is 1. The fraction of sp³-hybridized carbons (Fsp3) is 0.143. The molecule has 2 aromatic heterocycles. The molecule has 0 bridgehead atoms. The SMILES string of the molecule is Clc1cc(Br)c(OCc2cc(Cl)nc(Cl)c2)c(CCc2ccc(-c3nnn[nH]3)cc2)c1. The maximum absolute atomic E-state index is 6.29. The lowest BCUT2D eigenvalue weighted by Gasteiger charge is -2.15. The number of nitrogens with one attached hydrogen (secondary N) is 1. The van der Waals surface area contributed by atoms with Crippen LogP contribution in [0, 0.1) is 0 Å². The molecular formula is C21H15BrCl3N5O. The van der Waals surface area contributed by atoms with Crippen LogP contribution in [0.3, 0.4) is 0 Å². The summed E-state index contributed by atoms with van der Waals surface area (Å²) in [5.41, 5.74) is 3.92. The first-order chi connectivity index (χ1) is 15.0. The molecule has 2 heterocycles. The number of aromatic nitrogens is 5. The summed E-state index contributed by atoms with van der Waals surface area (Å²) < 4.78 is 6.89. The van der Waals surface area contributed by atoms with E-state index in [-0.39, 0.29) is 0 Å². The van der Waals surface area contributed by atoms with Crippen molar-refractivity contribution in [2.24, 2.45) is 0 Å². The molecule has 0 saturated heterocycles. The Balaban J connectivity index is 1.48. The van der Waals surface area contributed by atoms with Crippen LogP contribution in [-0.4, -0.2) is 25.6 Å². The predicted octanol–water partition coefficient (Wildman–Crippen LogP) is 6.35. The van der Waals surface area contributed by atoms with Crippen LogP contribution >= 0.6 is 50.7 Å². The fourth-order valence-electron chi connectivity index (χ4n) is 3.10. The standard InChI is InChI=1S/C21H15BrCl3N5O/c22-17-10-16(23)9-15(20(17)31-11-13-7-18(24)26-19(25)8-13)6-3-12-1-4-14(5-2-12)21-27-29-30-28-21/h1-2,4-5,7-10H,3,6,11H2,(H,27,28,29,30). The number of ether oxygens (including phenoxy) is 1. The number of tetrazole rings is 1. The molecule has 1 N–H and O–H groups in total. The number of pyridine rings is 1. The lowest BCUT2D eigenvalue weighted by molar-refractivity contribution is 0.301. The van der Waals surface area contributed by atoms with Gasteiger partial charge in [0.1, 0.15) is 22.7 Å². The summed E-state index contributed by atoms with van der Waals surface area (Å²) in [7, 11) is 0. The maximum atomic E-state index is 6.29. The monoisotopic (exact) mass is 537 g/mol. The van der Waals surface area contributed by atoms with E-state index in [1.807, 2.05) is 24.3 Å². The van der Waals surface area contributed by atoms with Crippen LogP contribution in [-0.2, 0) is 19.4 Å². The van der Waals surface area contributed by atoms with Crippen LogP contribution in [0.1, 0.15) is 16.7 Å². The first kappa shape index (κ1) is 22.0. The van der Waals surface area contributed by atoms with Crippen molar-refractivity contribution in [1.82, 2.24) is 25.6 Å². The first-order valence-corrected chi connectivity index (χ1v) is 11.2. The van der Waals surface area contributed by atoms with Gasteiger partial charge in [-0.15, -0.1) is 5.10 Å². The summed E-state index contributed by atoms with van der Waals surface area (Å²) in [5, 5.41) is 15.2. The van der Waals surface area contributed by atoms with E-state index in [1.54, 1.807) is 12.1 Å². The third-order valence-corrected chi connectivity index (χ3v) is 5.74. The molecule has 0 radical (unpaired) electrons. The second-order valence-corrected chi connectivity index (χ2v) is 8.80. The Labute approximate surface area is 202 Å². The van der Waals surface area contributed by atoms with Gasteiger partial charge >= 0.3 is 0 Å². The number of hydrogen-bond acceptors (Lipinski definition) is 5. The molecule has 0 unspecified atom stereocenters. The Morgan fingerprint density at radius 2 is 1.65 bits per heavy atom. The van der Waals surface area contributed by atoms with Gasteiger partial charge in [-0.2, -0.15) is 0 Å². The summed E-state index contributed by atoms with van der Waals surface area (Å²) in [6, 6.07) is 15.3. The molecule has 6 nitrogen and oxygen atoms in total. The molecule has 158 valence electrons. The lowest BCUT2D eigenvalue weighted by Crippen LogP contribution is -2.02. The van der Waals surface area contributed by atoms with Gasteiger partial charge in [0.2, 0.25) is 0 Å². The molecule has 2 aromatic carbocycles.